The molecule has 0 unspecified atom stereocenters. The van der Waals surface area contributed by atoms with E-state index < -0.39 is 0 Å². The van der Waals surface area contributed by atoms with Gasteiger partial charge < -0.3 is 15.5 Å². The third kappa shape index (κ3) is 4.13. The van der Waals surface area contributed by atoms with Crippen LogP contribution in [0.15, 0.2) is 42.5 Å². The zero-order valence-corrected chi connectivity index (χ0v) is 14.7. The number of amides is 1. The van der Waals surface area contributed by atoms with Crippen LogP contribution in [0.4, 0.5) is 17.1 Å². The zero-order chi connectivity index (χ0) is 16.9. The highest BCUT2D eigenvalue weighted by Gasteiger charge is 2.12. The minimum Gasteiger partial charge on any atom is -0.375 e. The number of hydrogen-bond donors (Lipinski definition) is 2. The van der Waals surface area contributed by atoms with Crippen molar-refractivity contribution < 1.29 is 4.79 Å². The summed E-state index contributed by atoms with van der Waals surface area (Å²) in [5.41, 5.74) is 2.62. The molecule has 6 heteroatoms. The summed E-state index contributed by atoms with van der Waals surface area (Å²) in [7, 11) is 0. The summed E-state index contributed by atoms with van der Waals surface area (Å²) < 4.78 is 0. The van der Waals surface area contributed by atoms with E-state index in [0.717, 1.165) is 18.8 Å². The van der Waals surface area contributed by atoms with Crippen molar-refractivity contribution in [1.82, 2.24) is 0 Å². The maximum atomic E-state index is 12.1. The van der Waals surface area contributed by atoms with Crippen LogP contribution in [0.2, 0.25) is 10.0 Å². The van der Waals surface area contributed by atoms with Crippen LogP contribution in [0.5, 0.6) is 0 Å². The van der Waals surface area contributed by atoms with Crippen molar-refractivity contribution in [2.24, 2.45) is 0 Å². The Hall–Kier alpha value is -1.91. The second-order valence-corrected chi connectivity index (χ2v) is 6.53. The number of benzene rings is 2. The van der Waals surface area contributed by atoms with Gasteiger partial charge in [0.1, 0.15) is 0 Å². The Balaban J connectivity index is 1.54. The van der Waals surface area contributed by atoms with Crippen molar-refractivity contribution in [1.29, 1.82) is 0 Å². The van der Waals surface area contributed by atoms with Crippen LogP contribution < -0.4 is 15.5 Å². The molecule has 0 saturated carbocycles. The summed E-state index contributed by atoms with van der Waals surface area (Å²) >= 11 is 12.0. The predicted octanol–water partition coefficient (Wildman–Crippen LogP) is 4.64. The van der Waals surface area contributed by atoms with Gasteiger partial charge in [-0.25, -0.2) is 0 Å². The number of nitrogens with zero attached hydrogens (tertiary/aromatic N) is 1. The van der Waals surface area contributed by atoms with Gasteiger partial charge in [-0.3, -0.25) is 4.79 Å². The third-order valence-corrected chi connectivity index (χ3v) is 4.83. The molecule has 2 N–H and O–H groups in total. The monoisotopic (exact) mass is 363 g/mol. The van der Waals surface area contributed by atoms with Crippen molar-refractivity contribution in [3.05, 3.63) is 52.5 Å². The first-order valence-corrected chi connectivity index (χ1v) is 8.72. The van der Waals surface area contributed by atoms with Crippen LogP contribution in [0, 0.1) is 0 Å². The highest BCUT2D eigenvalue weighted by atomic mass is 35.5. The minimum absolute atomic E-state index is 0.119. The molecule has 1 saturated heterocycles. The number of carbonyl (C=O) groups is 1. The molecule has 0 aromatic heterocycles. The molecule has 1 aliphatic rings. The molecule has 24 heavy (non-hydrogen) atoms. The van der Waals surface area contributed by atoms with Crippen LogP contribution in [-0.4, -0.2) is 25.5 Å². The van der Waals surface area contributed by atoms with Crippen molar-refractivity contribution >= 4 is 46.2 Å². The summed E-state index contributed by atoms with van der Waals surface area (Å²) in [5, 5.41) is 6.74. The average molecular weight is 364 g/mol. The number of halogens is 2. The average Bonchev–Trinajstić information content (AvgIpc) is 3.11. The van der Waals surface area contributed by atoms with Gasteiger partial charge in [-0.2, -0.15) is 0 Å². The van der Waals surface area contributed by atoms with Gasteiger partial charge in [0, 0.05) is 24.5 Å². The molecule has 0 bridgehead atoms. The first-order valence-electron chi connectivity index (χ1n) is 7.96. The fraction of sp³-hybridized carbons (Fsp3) is 0.278. The van der Waals surface area contributed by atoms with Crippen LogP contribution in [-0.2, 0) is 4.79 Å². The number of hydrogen-bond acceptors (Lipinski definition) is 3. The van der Waals surface area contributed by atoms with Gasteiger partial charge in [0.25, 0.3) is 0 Å². The lowest BCUT2D eigenvalue weighted by Gasteiger charge is -2.17. The zero-order valence-electron chi connectivity index (χ0n) is 13.2. The van der Waals surface area contributed by atoms with E-state index >= 15 is 0 Å². The molecular formula is C18H19Cl2N3O. The fourth-order valence-electron chi connectivity index (χ4n) is 2.75. The van der Waals surface area contributed by atoms with Gasteiger partial charge in [0.15, 0.2) is 0 Å². The Kier molecular flexibility index (Phi) is 5.48. The van der Waals surface area contributed by atoms with Gasteiger partial charge in [-0.05, 0) is 49.2 Å². The van der Waals surface area contributed by atoms with Gasteiger partial charge >= 0.3 is 0 Å². The first-order chi connectivity index (χ1) is 11.6. The second kappa shape index (κ2) is 7.77. The molecule has 0 radical (unpaired) electrons. The summed E-state index contributed by atoms with van der Waals surface area (Å²) in [6.07, 6.45) is 2.49. The predicted molar refractivity (Wildman–Crippen MR) is 101 cm³/mol. The van der Waals surface area contributed by atoms with Gasteiger partial charge in [-0.1, -0.05) is 29.3 Å². The van der Waals surface area contributed by atoms with Gasteiger partial charge in [0.05, 0.1) is 22.3 Å². The number of anilines is 3. The normalized spacial score (nSPS) is 13.8. The van der Waals surface area contributed by atoms with Crippen molar-refractivity contribution in [3.63, 3.8) is 0 Å². The molecule has 1 fully saturated rings. The first kappa shape index (κ1) is 16.9. The molecule has 1 heterocycles. The summed E-state index contributed by atoms with van der Waals surface area (Å²) in [4.78, 5) is 14.4. The van der Waals surface area contributed by atoms with Crippen molar-refractivity contribution in [2.75, 3.05) is 35.2 Å². The highest BCUT2D eigenvalue weighted by molar-refractivity contribution is 6.43. The Bertz CT molecular complexity index is 713. The molecule has 2 aromatic rings. The third-order valence-electron chi connectivity index (χ3n) is 4.01. The summed E-state index contributed by atoms with van der Waals surface area (Å²) in [6.45, 7) is 2.33. The molecule has 0 atom stereocenters. The lowest BCUT2D eigenvalue weighted by atomic mass is 10.2. The number of rotatable bonds is 5. The Labute approximate surface area is 151 Å². The minimum atomic E-state index is -0.139. The topological polar surface area (TPSA) is 44.4 Å². The molecule has 3 rings (SSSR count). The molecule has 2 aromatic carbocycles. The van der Waals surface area contributed by atoms with E-state index in [4.69, 9.17) is 23.2 Å². The van der Waals surface area contributed by atoms with E-state index in [-0.39, 0.29) is 12.5 Å². The lowest BCUT2D eigenvalue weighted by molar-refractivity contribution is -0.114. The quantitative estimate of drug-likeness (QED) is 0.812. The van der Waals surface area contributed by atoms with E-state index in [1.165, 1.54) is 18.5 Å². The van der Waals surface area contributed by atoms with E-state index in [2.05, 4.69) is 15.5 Å². The summed E-state index contributed by atoms with van der Waals surface area (Å²) in [5.74, 6) is -0.139. The molecule has 0 spiro atoms. The Morgan fingerprint density at radius 2 is 1.75 bits per heavy atom. The smallest absolute Gasteiger partial charge is 0.243 e. The van der Waals surface area contributed by atoms with E-state index in [1.54, 1.807) is 18.2 Å². The van der Waals surface area contributed by atoms with Crippen molar-refractivity contribution in [2.45, 2.75) is 12.8 Å². The van der Waals surface area contributed by atoms with Crippen LogP contribution in [0.25, 0.3) is 0 Å². The molecule has 1 amide bonds. The largest absolute Gasteiger partial charge is 0.375 e. The van der Waals surface area contributed by atoms with Gasteiger partial charge in [-0.15, -0.1) is 0 Å². The molecule has 1 aliphatic heterocycles. The lowest BCUT2D eigenvalue weighted by Crippen LogP contribution is -2.22. The Morgan fingerprint density at radius 3 is 2.46 bits per heavy atom. The molecule has 4 nitrogen and oxygen atoms in total. The fourth-order valence-corrected chi connectivity index (χ4v) is 3.12. The van der Waals surface area contributed by atoms with E-state index in [1.807, 2.05) is 24.3 Å². The Morgan fingerprint density at radius 1 is 1.04 bits per heavy atom. The SMILES string of the molecule is O=C(CNc1cccc(Cl)c1Cl)Nc1ccc(N2CCCC2)cc1. The molecule has 0 aliphatic carbocycles. The number of carbonyl (C=O) groups excluding carboxylic acids is 1. The molecular weight excluding hydrogens is 345 g/mol. The van der Waals surface area contributed by atoms with Crippen LogP contribution in [0.3, 0.4) is 0 Å². The van der Waals surface area contributed by atoms with Crippen LogP contribution in [0.1, 0.15) is 12.8 Å². The highest BCUT2D eigenvalue weighted by Crippen LogP contribution is 2.29. The van der Waals surface area contributed by atoms with E-state index in [0.29, 0.717) is 15.7 Å². The van der Waals surface area contributed by atoms with Crippen molar-refractivity contribution in [3.8, 4) is 0 Å². The van der Waals surface area contributed by atoms with Gasteiger partial charge in [0.2, 0.25) is 5.91 Å². The number of nitrogens with one attached hydrogen (secondary N) is 2. The van der Waals surface area contributed by atoms with Crippen LogP contribution >= 0.6 is 23.2 Å². The summed E-state index contributed by atoms with van der Waals surface area (Å²) in [6, 6.07) is 13.2. The maximum absolute atomic E-state index is 12.1. The maximum Gasteiger partial charge on any atom is 0.243 e. The molecule has 126 valence electrons. The standard InChI is InChI=1S/C18H19Cl2N3O/c19-15-4-3-5-16(18(15)20)21-12-17(24)22-13-6-8-14(9-7-13)23-10-1-2-11-23/h3-9,21H,1-2,10-12H2,(H,22,24). The second-order valence-electron chi connectivity index (χ2n) is 5.74. The van der Waals surface area contributed by atoms with E-state index in [9.17, 15) is 4.79 Å².